The molecule has 1 aromatic rings. The molecule has 0 spiro atoms. The van der Waals surface area contributed by atoms with Gasteiger partial charge in [-0.25, -0.2) is 0 Å². The van der Waals surface area contributed by atoms with Crippen LogP contribution in [-0.4, -0.2) is 29.6 Å². The van der Waals surface area contributed by atoms with Crippen molar-refractivity contribution in [1.29, 1.82) is 0 Å². The van der Waals surface area contributed by atoms with E-state index in [2.05, 4.69) is 5.32 Å². The van der Waals surface area contributed by atoms with Crippen molar-refractivity contribution < 1.29 is 19.4 Å². The van der Waals surface area contributed by atoms with E-state index in [-0.39, 0.29) is 24.5 Å². The molecule has 1 aliphatic carbocycles. The van der Waals surface area contributed by atoms with Crippen LogP contribution in [-0.2, 0) is 9.59 Å². The number of carbonyl (C=O) groups excluding carboxylic acids is 1. The number of amides is 1. The summed E-state index contributed by atoms with van der Waals surface area (Å²) in [6.07, 6.45) is 1.73. The number of nitrogens with one attached hydrogen (secondary N) is 1. The second-order valence-electron chi connectivity index (χ2n) is 4.98. The summed E-state index contributed by atoms with van der Waals surface area (Å²) in [6, 6.07) is 4.65. The Morgan fingerprint density at radius 1 is 1.29 bits per heavy atom. The Labute approximate surface area is 132 Å². The lowest BCUT2D eigenvalue weighted by Gasteiger charge is -2.13. The third kappa shape index (κ3) is 4.51. The molecule has 114 valence electrons. The molecular weight excluding hydrogens is 317 g/mol. The lowest BCUT2D eigenvalue weighted by Crippen LogP contribution is -2.36. The van der Waals surface area contributed by atoms with E-state index in [0.29, 0.717) is 35.1 Å². The molecule has 0 radical (unpaired) electrons. The van der Waals surface area contributed by atoms with Gasteiger partial charge in [-0.3, -0.25) is 9.59 Å². The van der Waals surface area contributed by atoms with Crippen molar-refractivity contribution in [2.45, 2.75) is 25.3 Å². The van der Waals surface area contributed by atoms with E-state index in [9.17, 15) is 9.59 Å². The van der Waals surface area contributed by atoms with Crippen LogP contribution in [0.25, 0.3) is 0 Å². The van der Waals surface area contributed by atoms with Gasteiger partial charge in [-0.1, -0.05) is 23.2 Å². The average molecular weight is 332 g/mol. The van der Waals surface area contributed by atoms with Crippen LogP contribution in [0.3, 0.4) is 0 Å². The molecule has 1 saturated carbocycles. The second kappa shape index (κ2) is 7.00. The van der Waals surface area contributed by atoms with E-state index in [1.54, 1.807) is 12.1 Å². The number of carboxylic acids is 1. The first-order chi connectivity index (χ1) is 9.95. The maximum atomic E-state index is 11.8. The molecule has 2 unspecified atom stereocenters. The van der Waals surface area contributed by atoms with Crippen LogP contribution in [0.4, 0.5) is 0 Å². The summed E-state index contributed by atoms with van der Waals surface area (Å²) in [6.45, 7) is -0.147. The van der Waals surface area contributed by atoms with Crippen molar-refractivity contribution in [3.63, 3.8) is 0 Å². The number of aliphatic carboxylic acids is 1. The summed E-state index contributed by atoms with van der Waals surface area (Å²) in [5, 5.41) is 12.5. The Bertz CT molecular complexity index is 550. The Morgan fingerprint density at radius 3 is 2.67 bits per heavy atom. The molecule has 5 nitrogen and oxygen atoms in total. The molecule has 0 heterocycles. The number of benzene rings is 1. The van der Waals surface area contributed by atoms with Gasteiger partial charge in [0.15, 0.2) is 6.61 Å². The number of carboxylic acid groups (broad SMARTS) is 1. The summed E-state index contributed by atoms with van der Waals surface area (Å²) < 4.78 is 5.32. The van der Waals surface area contributed by atoms with E-state index in [0.717, 1.165) is 0 Å². The van der Waals surface area contributed by atoms with Crippen molar-refractivity contribution in [3.05, 3.63) is 28.2 Å². The molecule has 2 atom stereocenters. The van der Waals surface area contributed by atoms with Crippen LogP contribution in [0.1, 0.15) is 19.3 Å². The maximum Gasteiger partial charge on any atom is 0.306 e. The van der Waals surface area contributed by atoms with Crippen molar-refractivity contribution in [1.82, 2.24) is 5.32 Å². The zero-order valence-electron chi connectivity index (χ0n) is 11.1. The summed E-state index contributed by atoms with van der Waals surface area (Å²) in [7, 11) is 0. The number of hydrogen-bond acceptors (Lipinski definition) is 3. The van der Waals surface area contributed by atoms with Gasteiger partial charge >= 0.3 is 5.97 Å². The quantitative estimate of drug-likeness (QED) is 0.869. The molecule has 2 N–H and O–H groups in total. The van der Waals surface area contributed by atoms with Gasteiger partial charge in [-0.15, -0.1) is 0 Å². The van der Waals surface area contributed by atoms with E-state index < -0.39 is 5.97 Å². The molecule has 1 aliphatic rings. The minimum atomic E-state index is -0.807. The number of carbonyl (C=O) groups is 2. The van der Waals surface area contributed by atoms with Gasteiger partial charge in [-0.05, 0) is 31.4 Å². The number of hydrogen-bond donors (Lipinski definition) is 2. The molecule has 21 heavy (non-hydrogen) atoms. The summed E-state index contributed by atoms with van der Waals surface area (Å²) in [5.41, 5.74) is 0. The van der Waals surface area contributed by atoms with Crippen LogP contribution in [0, 0.1) is 5.92 Å². The molecule has 2 rings (SSSR count). The van der Waals surface area contributed by atoms with Crippen LogP contribution in [0.5, 0.6) is 5.75 Å². The third-order valence-corrected chi connectivity index (χ3v) is 4.15. The standard InChI is InChI=1S/C14H15Cl2NO4/c15-11-4-3-10(6-12(11)16)21-7-13(18)17-9-2-1-8(5-9)14(19)20/h3-4,6,8-9H,1-2,5,7H2,(H,17,18)(H,19,20). The summed E-state index contributed by atoms with van der Waals surface area (Å²) >= 11 is 11.6. The lowest BCUT2D eigenvalue weighted by molar-refractivity contribution is -0.141. The number of rotatable bonds is 5. The Hall–Kier alpha value is -1.46. The second-order valence-corrected chi connectivity index (χ2v) is 5.79. The predicted molar refractivity (Wildman–Crippen MR) is 78.9 cm³/mol. The fourth-order valence-corrected chi connectivity index (χ4v) is 2.61. The first-order valence-corrected chi connectivity index (χ1v) is 7.31. The highest BCUT2D eigenvalue weighted by Gasteiger charge is 2.30. The molecule has 0 aliphatic heterocycles. The van der Waals surface area contributed by atoms with Gasteiger partial charge in [0.25, 0.3) is 5.91 Å². The minimum absolute atomic E-state index is 0.101. The average Bonchev–Trinajstić information content (AvgIpc) is 2.89. The Morgan fingerprint density at radius 2 is 2.05 bits per heavy atom. The zero-order valence-corrected chi connectivity index (χ0v) is 12.7. The highest BCUT2D eigenvalue weighted by Crippen LogP contribution is 2.27. The van der Waals surface area contributed by atoms with Gasteiger partial charge in [0, 0.05) is 12.1 Å². The SMILES string of the molecule is O=C(COc1ccc(Cl)c(Cl)c1)NC1CCC(C(=O)O)C1. The first-order valence-electron chi connectivity index (χ1n) is 6.55. The third-order valence-electron chi connectivity index (χ3n) is 3.41. The summed E-state index contributed by atoms with van der Waals surface area (Å²) in [5.74, 6) is -1.00. The van der Waals surface area contributed by atoms with Crippen LogP contribution < -0.4 is 10.1 Å². The van der Waals surface area contributed by atoms with Gasteiger partial charge in [0.05, 0.1) is 16.0 Å². The van der Waals surface area contributed by atoms with Crippen LogP contribution in [0.15, 0.2) is 18.2 Å². The van der Waals surface area contributed by atoms with Crippen molar-refractivity contribution in [3.8, 4) is 5.75 Å². The fraction of sp³-hybridized carbons (Fsp3) is 0.429. The first kappa shape index (κ1) is 15.9. The molecule has 0 aromatic heterocycles. The zero-order chi connectivity index (χ0) is 15.4. The van der Waals surface area contributed by atoms with Gasteiger partial charge in [-0.2, -0.15) is 0 Å². The lowest BCUT2D eigenvalue weighted by atomic mass is 10.1. The van der Waals surface area contributed by atoms with E-state index in [4.69, 9.17) is 33.0 Å². The molecule has 0 bridgehead atoms. The van der Waals surface area contributed by atoms with Gasteiger partial charge in [0.1, 0.15) is 5.75 Å². The molecular formula is C14H15Cl2NO4. The Kier molecular flexibility index (Phi) is 5.31. The highest BCUT2D eigenvalue weighted by atomic mass is 35.5. The smallest absolute Gasteiger partial charge is 0.306 e. The van der Waals surface area contributed by atoms with Crippen molar-refractivity contribution in [2.75, 3.05) is 6.61 Å². The van der Waals surface area contributed by atoms with Gasteiger partial charge in [0.2, 0.25) is 0 Å². The fourth-order valence-electron chi connectivity index (χ4n) is 2.32. The van der Waals surface area contributed by atoms with Crippen LogP contribution >= 0.6 is 23.2 Å². The predicted octanol–water partition coefficient (Wildman–Crippen LogP) is 2.74. The monoisotopic (exact) mass is 331 g/mol. The van der Waals surface area contributed by atoms with E-state index in [1.807, 2.05) is 0 Å². The van der Waals surface area contributed by atoms with Crippen molar-refractivity contribution >= 4 is 35.1 Å². The highest BCUT2D eigenvalue weighted by molar-refractivity contribution is 6.42. The molecule has 1 fully saturated rings. The van der Waals surface area contributed by atoms with Gasteiger partial charge < -0.3 is 15.2 Å². The Balaban J connectivity index is 1.77. The van der Waals surface area contributed by atoms with Crippen molar-refractivity contribution in [2.24, 2.45) is 5.92 Å². The summed E-state index contributed by atoms with van der Waals surface area (Å²) in [4.78, 5) is 22.6. The molecule has 7 heteroatoms. The van der Waals surface area contributed by atoms with E-state index >= 15 is 0 Å². The maximum absolute atomic E-state index is 11.8. The molecule has 1 aromatic carbocycles. The number of ether oxygens (including phenoxy) is 1. The normalized spacial score (nSPS) is 21.0. The molecule has 1 amide bonds. The molecule has 0 saturated heterocycles. The number of halogens is 2. The minimum Gasteiger partial charge on any atom is -0.484 e. The van der Waals surface area contributed by atoms with E-state index in [1.165, 1.54) is 6.07 Å². The largest absolute Gasteiger partial charge is 0.484 e. The van der Waals surface area contributed by atoms with Crippen LogP contribution in [0.2, 0.25) is 10.0 Å². The topological polar surface area (TPSA) is 75.6 Å².